The van der Waals surface area contributed by atoms with Gasteiger partial charge >= 0.3 is 0 Å². The number of rotatable bonds is 3. The molecule has 0 aromatic rings. The van der Waals surface area contributed by atoms with Crippen LogP contribution >= 0.6 is 0 Å². The number of methoxy groups -OCH3 is 1. The zero-order chi connectivity index (χ0) is 13.9. The fourth-order valence-electron chi connectivity index (χ4n) is 4.37. The number of fused-ring (bicyclic) bond motifs is 1. The topological polar surface area (TPSA) is 41.6 Å². The van der Waals surface area contributed by atoms with E-state index in [1.54, 1.807) is 7.11 Å². The van der Waals surface area contributed by atoms with E-state index in [4.69, 9.17) is 4.74 Å². The van der Waals surface area contributed by atoms with E-state index in [2.05, 4.69) is 10.2 Å². The lowest BCUT2D eigenvalue weighted by Crippen LogP contribution is -2.49. The van der Waals surface area contributed by atoms with Gasteiger partial charge in [0.15, 0.2) is 0 Å². The molecule has 4 unspecified atom stereocenters. The van der Waals surface area contributed by atoms with E-state index in [1.807, 2.05) is 0 Å². The fourth-order valence-corrected chi connectivity index (χ4v) is 4.37. The first-order chi connectivity index (χ1) is 9.78. The second-order valence-corrected chi connectivity index (χ2v) is 6.85. The summed E-state index contributed by atoms with van der Waals surface area (Å²) in [4.78, 5) is 14.8. The van der Waals surface area contributed by atoms with Crippen molar-refractivity contribution in [2.75, 3.05) is 26.8 Å². The fraction of sp³-hybridized carbons (Fsp3) is 0.938. The van der Waals surface area contributed by atoms with Gasteiger partial charge in [-0.1, -0.05) is 12.8 Å². The minimum Gasteiger partial charge on any atom is -0.384 e. The molecule has 1 N–H and O–H groups in total. The van der Waals surface area contributed by atoms with Crippen molar-refractivity contribution >= 4 is 5.91 Å². The van der Waals surface area contributed by atoms with Gasteiger partial charge in [0, 0.05) is 26.2 Å². The van der Waals surface area contributed by atoms with E-state index in [1.165, 1.54) is 32.1 Å². The van der Waals surface area contributed by atoms with Crippen molar-refractivity contribution in [3.63, 3.8) is 0 Å². The molecule has 2 aliphatic heterocycles. The Balaban J connectivity index is 1.55. The van der Waals surface area contributed by atoms with Crippen molar-refractivity contribution in [3.8, 4) is 0 Å². The zero-order valence-electron chi connectivity index (χ0n) is 12.6. The van der Waals surface area contributed by atoms with Gasteiger partial charge in [0.1, 0.15) is 0 Å². The Labute approximate surface area is 122 Å². The maximum absolute atomic E-state index is 12.7. The summed E-state index contributed by atoms with van der Waals surface area (Å²) in [6, 6.07) is 0.696. The van der Waals surface area contributed by atoms with Crippen LogP contribution in [0.3, 0.4) is 0 Å². The van der Waals surface area contributed by atoms with Crippen molar-refractivity contribution in [2.24, 2.45) is 11.8 Å². The number of hydrogen-bond donors (Lipinski definition) is 1. The van der Waals surface area contributed by atoms with Crippen LogP contribution < -0.4 is 5.32 Å². The monoisotopic (exact) mass is 280 g/mol. The molecule has 3 rings (SSSR count). The van der Waals surface area contributed by atoms with Crippen LogP contribution in [-0.4, -0.2) is 49.7 Å². The maximum atomic E-state index is 12.7. The Morgan fingerprint density at radius 2 is 2.10 bits per heavy atom. The Hall–Kier alpha value is -0.610. The molecule has 0 bridgehead atoms. The van der Waals surface area contributed by atoms with Gasteiger partial charge in [0.25, 0.3) is 0 Å². The highest BCUT2D eigenvalue weighted by Gasteiger charge is 2.40. The van der Waals surface area contributed by atoms with E-state index in [9.17, 15) is 4.79 Å². The predicted octanol–water partition coefficient (Wildman–Crippen LogP) is 1.79. The SMILES string of the molecule is COCC1CCCN(C(=O)C2CC3CCCCC3N2)C1. The van der Waals surface area contributed by atoms with Gasteiger partial charge in [-0.25, -0.2) is 0 Å². The maximum Gasteiger partial charge on any atom is 0.239 e. The number of nitrogens with one attached hydrogen (secondary N) is 1. The summed E-state index contributed by atoms with van der Waals surface area (Å²) in [6.45, 7) is 2.61. The normalized spacial score (nSPS) is 37.8. The molecule has 20 heavy (non-hydrogen) atoms. The summed E-state index contributed by atoms with van der Waals surface area (Å²) in [5.74, 6) is 1.62. The first kappa shape index (κ1) is 14.3. The lowest BCUT2D eigenvalue weighted by atomic mass is 9.85. The van der Waals surface area contributed by atoms with Gasteiger partial charge in [0.05, 0.1) is 12.6 Å². The number of hydrogen-bond acceptors (Lipinski definition) is 3. The van der Waals surface area contributed by atoms with Crippen LogP contribution in [0.25, 0.3) is 0 Å². The minimum atomic E-state index is 0.0874. The third-order valence-electron chi connectivity index (χ3n) is 5.39. The first-order valence-electron chi connectivity index (χ1n) is 8.31. The number of amides is 1. The van der Waals surface area contributed by atoms with Crippen LogP contribution in [0.4, 0.5) is 0 Å². The zero-order valence-corrected chi connectivity index (χ0v) is 12.6. The summed E-state index contributed by atoms with van der Waals surface area (Å²) >= 11 is 0. The van der Waals surface area contributed by atoms with Gasteiger partial charge in [-0.05, 0) is 43.9 Å². The van der Waals surface area contributed by atoms with Gasteiger partial charge < -0.3 is 15.0 Å². The van der Waals surface area contributed by atoms with Crippen LogP contribution in [0, 0.1) is 11.8 Å². The Morgan fingerprint density at radius 3 is 2.90 bits per heavy atom. The van der Waals surface area contributed by atoms with Crippen molar-refractivity contribution < 1.29 is 9.53 Å². The second-order valence-electron chi connectivity index (χ2n) is 6.85. The van der Waals surface area contributed by atoms with Crippen LogP contribution in [0.2, 0.25) is 0 Å². The summed E-state index contributed by atoms with van der Waals surface area (Å²) in [5, 5.41) is 3.61. The average Bonchev–Trinajstić information content (AvgIpc) is 2.91. The molecule has 0 radical (unpaired) electrons. The van der Waals surface area contributed by atoms with Crippen LogP contribution in [-0.2, 0) is 9.53 Å². The molecule has 1 amide bonds. The highest BCUT2D eigenvalue weighted by Crippen LogP contribution is 2.34. The number of likely N-dealkylation sites (tertiary alicyclic amines) is 1. The summed E-state index contributed by atoms with van der Waals surface area (Å²) in [6.07, 6.45) is 8.64. The average molecular weight is 280 g/mol. The molecular weight excluding hydrogens is 252 g/mol. The van der Waals surface area contributed by atoms with Crippen molar-refractivity contribution in [3.05, 3.63) is 0 Å². The molecule has 4 atom stereocenters. The molecule has 3 fully saturated rings. The van der Waals surface area contributed by atoms with Crippen LogP contribution in [0.1, 0.15) is 44.9 Å². The molecule has 4 nitrogen and oxygen atoms in total. The molecular formula is C16H28N2O2. The van der Waals surface area contributed by atoms with Gasteiger partial charge in [-0.15, -0.1) is 0 Å². The van der Waals surface area contributed by atoms with Crippen molar-refractivity contribution in [1.29, 1.82) is 0 Å². The number of carbonyl (C=O) groups excluding carboxylic acids is 1. The molecule has 3 aliphatic rings. The molecule has 1 saturated carbocycles. The van der Waals surface area contributed by atoms with E-state index in [0.717, 1.165) is 38.5 Å². The van der Waals surface area contributed by atoms with Crippen LogP contribution in [0.5, 0.6) is 0 Å². The number of carbonyl (C=O) groups is 1. The molecule has 4 heteroatoms. The number of ether oxygens (including phenoxy) is 1. The number of nitrogens with zero attached hydrogens (tertiary/aromatic N) is 1. The molecule has 0 aromatic heterocycles. The molecule has 0 spiro atoms. The smallest absolute Gasteiger partial charge is 0.239 e. The third-order valence-corrected chi connectivity index (χ3v) is 5.39. The molecule has 114 valence electrons. The van der Waals surface area contributed by atoms with E-state index >= 15 is 0 Å². The Kier molecular flexibility index (Phi) is 4.61. The standard InChI is InChI=1S/C16H28N2O2/c1-20-11-12-5-4-8-18(10-12)16(19)15-9-13-6-2-3-7-14(13)17-15/h12-15,17H,2-11H2,1H3. The largest absolute Gasteiger partial charge is 0.384 e. The van der Waals surface area contributed by atoms with Gasteiger partial charge in [0.2, 0.25) is 5.91 Å². The lowest BCUT2D eigenvalue weighted by molar-refractivity contribution is -0.135. The quantitative estimate of drug-likeness (QED) is 0.857. The minimum absolute atomic E-state index is 0.0874. The lowest BCUT2D eigenvalue weighted by Gasteiger charge is -2.34. The molecule has 2 heterocycles. The van der Waals surface area contributed by atoms with E-state index < -0.39 is 0 Å². The summed E-state index contributed by atoms with van der Waals surface area (Å²) < 4.78 is 5.26. The first-order valence-corrected chi connectivity index (χ1v) is 8.31. The summed E-state index contributed by atoms with van der Waals surface area (Å²) in [5.41, 5.74) is 0. The number of piperidine rings is 1. The Morgan fingerprint density at radius 1 is 1.25 bits per heavy atom. The molecule has 2 saturated heterocycles. The summed E-state index contributed by atoms with van der Waals surface area (Å²) in [7, 11) is 1.75. The van der Waals surface area contributed by atoms with Crippen molar-refractivity contribution in [1.82, 2.24) is 10.2 Å². The van der Waals surface area contributed by atoms with E-state index in [-0.39, 0.29) is 6.04 Å². The van der Waals surface area contributed by atoms with Gasteiger partial charge in [-0.3, -0.25) is 4.79 Å². The highest BCUT2D eigenvalue weighted by atomic mass is 16.5. The van der Waals surface area contributed by atoms with Crippen LogP contribution in [0.15, 0.2) is 0 Å². The van der Waals surface area contributed by atoms with E-state index in [0.29, 0.717) is 17.9 Å². The predicted molar refractivity (Wildman–Crippen MR) is 78.5 cm³/mol. The molecule has 1 aliphatic carbocycles. The third kappa shape index (κ3) is 3.01. The van der Waals surface area contributed by atoms with Gasteiger partial charge in [-0.2, -0.15) is 0 Å². The Bertz CT molecular complexity index is 331. The molecule has 0 aromatic carbocycles. The second kappa shape index (κ2) is 6.44. The van der Waals surface area contributed by atoms with Crippen molar-refractivity contribution in [2.45, 2.75) is 57.0 Å². The highest BCUT2D eigenvalue weighted by molar-refractivity contribution is 5.82.